The molecule has 21 heavy (non-hydrogen) atoms. The van der Waals surface area contributed by atoms with Crippen LogP contribution in [0.1, 0.15) is 22.4 Å². The van der Waals surface area contributed by atoms with Gasteiger partial charge in [0.15, 0.2) is 0 Å². The quantitative estimate of drug-likeness (QED) is 0.536. The van der Waals surface area contributed by atoms with E-state index >= 15 is 0 Å². The number of hydrogen-bond donors (Lipinski definition) is 0. The molecular weight excluding hydrogens is 254 g/mol. The van der Waals surface area contributed by atoms with Crippen LogP contribution >= 0.6 is 0 Å². The molecule has 1 heterocycles. The van der Waals surface area contributed by atoms with E-state index in [2.05, 4.69) is 59.9 Å². The third-order valence-corrected chi connectivity index (χ3v) is 4.09. The highest BCUT2D eigenvalue weighted by Crippen LogP contribution is 2.36. The average Bonchev–Trinajstić information content (AvgIpc) is 2.91. The molecule has 0 unspecified atom stereocenters. The summed E-state index contributed by atoms with van der Waals surface area (Å²) in [5, 5.41) is 0. The first kappa shape index (κ1) is 12.3. The van der Waals surface area contributed by atoms with Gasteiger partial charge in [0.05, 0.1) is 0 Å². The van der Waals surface area contributed by atoms with Crippen LogP contribution in [0.5, 0.6) is 0 Å². The van der Waals surface area contributed by atoms with Gasteiger partial charge in [0.25, 0.3) is 0 Å². The predicted octanol–water partition coefficient (Wildman–Crippen LogP) is 4.45. The molecular formula is C20H16N. The van der Waals surface area contributed by atoms with E-state index in [-0.39, 0.29) is 0 Å². The lowest BCUT2D eigenvalue weighted by Gasteiger charge is -2.05. The Kier molecular flexibility index (Phi) is 3.04. The molecule has 4 rings (SSSR count). The van der Waals surface area contributed by atoms with Crippen molar-refractivity contribution in [2.75, 3.05) is 0 Å². The standard InChI is InChI=1S/C20H16N/c1-2-7-19-16(5-1)14-17-13-15(9-11-20(17)19)8-10-18-6-3-4-12-21-18/h1-9,11-13H,10,14H2. The summed E-state index contributed by atoms with van der Waals surface area (Å²) in [5.41, 5.74) is 8.05. The van der Waals surface area contributed by atoms with Crippen molar-refractivity contribution < 1.29 is 0 Å². The van der Waals surface area contributed by atoms with Gasteiger partial charge in [0, 0.05) is 11.9 Å². The van der Waals surface area contributed by atoms with Gasteiger partial charge in [0.1, 0.15) is 0 Å². The van der Waals surface area contributed by atoms with Crippen molar-refractivity contribution in [1.82, 2.24) is 4.98 Å². The summed E-state index contributed by atoms with van der Waals surface area (Å²) >= 11 is 0. The van der Waals surface area contributed by atoms with Crippen LogP contribution in [-0.4, -0.2) is 4.98 Å². The van der Waals surface area contributed by atoms with Gasteiger partial charge in [-0.25, -0.2) is 0 Å². The Bertz CT molecular complexity index is 775. The van der Waals surface area contributed by atoms with Crippen molar-refractivity contribution in [2.24, 2.45) is 0 Å². The first-order valence-corrected chi connectivity index (χ1v) is 7.34. The highest BCUT2D eigenvalue weighted by atomic mass is 14.7. The van der Waals surface area contributed by atoms with Crippen LogP contribution < -0.4 is 0 Å². The molecule has 0 saturated carbocycles. The van der Waals surface area contributed by atoms with Gasteiger partial charge in [0.2, 0.25) is 0 Å². The first-order valence-electron chi connectivity index (χ1n) is 7.34. The predicted molar refractivity (Wildman–Crippen MR) is 86.0 cm³/mol. The fourth-order valence-electron chi connectivity index (χ4n) is 3.03. The molecule has 3 aromatic rings. The molecule has 0 N–H and O–H groups in total. The SMILES string of the molecule is [CH](Cc1ccccn1)c1ccc2c(c1)Cc1ccccc1-2. The molecule has 0 spiro atoms. The number of hydrogen-bond acceptors (Lipinski definition) is 1. The molecule has 0 amide bonds. The molecule has 1 heteroatoms. The molecule has 0 bridgehead atoms. The Morgan fingerprint density at radius 1 is 0.857 bits per heavy atom. The molecule has 0 saturated heterocycles. The zero-order chi connectivity index (χ0) is 14.1. The van der Waals surface area contributed by atoms with Crippen molar-refractivity contribution in [3.63, 3.8) is 0 Å². The van der Waals surface area contributed by atoms with E-state index in [4.69, 9.17) is 0 Å². The van der Waals surface area contributed by atoms with Gasteiger partial charge in [-0.3, -0.25) is 4.98 Å². The van der Waals surface area contributed by atoms with Crippen LogP contribution in [-0.2, 0) is 12.8 Å². The van der Waals surface area contributed by atoms with Crippen LogP contribution in [0.3, 0.4) is 0 Å². The topological polar surface area (TPSA) is 12.9 Å². The summed E-state index contributed by atoms with van der Waals surface area (Å²) in [5.74, 6) is 0. The minimum atomic E-state index is 0.882. The summed E-state index contributed by atoms with van der Waals surface area (Å²) in [6.45, 7) is 0. The Hall–Kier alpha value is -2.41. The summed E-state index contributed by atoms with van der Waals surface area (Å²) in [6, 6.07) is 21.5. The van der Waals surface area contributed by atoms with E-state index in [1.165, 1.54) is 27.8 Å². The van der Waals surface area contributed by atoms with Gasteiger partial charge < -0.3 is 0 Å². The monoisotopic (exact) mass is 270 g/mol. The number of aromatic nitrogens is 1. The normalized spacial score (nSPS) is 12.0. The lowest BCUT2D eigenvalue weighted by atomic mass is 10.0. The summed E-state index contributed by atoms with van der Waals surface area (Å²) in [6.07, 6.45) is 6.04. The van der Waals surface area contributed by atoms with E-state index in [9.17, 15) is 0 Å². The largest absolute Gasteiger partial charge is 0.261 e. The molecule has 0 aliphatic heterocycles. The second kappa shape index (κ2) is 5.17. The number of benzene rings is 2. The average molecular weight is 270 g/mol. The van der Waals surface area contributed by atoms with Gasteiger partial charge in [-0.15, -0.1) is 0 Å². The Balaban J connectivity index is 1.56. The molecule has 0 atom stereocenters. The minimum Gasteiger partial charge on any atom is -0.261 e. The van der Waals surface area contributed by atoms with E-state index in [1.807, 2.05) is 18.3 Å². The van der Waals surface area contributed by atoms with Crippen molar-refractivity contribution in [2.45, 2.75) is 12.8 Å². The fourth-order valence-corrected chi connectivity index (χ4v) is 3.03. The Labute approximate surface area is 125 Å². The highest BCUT2D eigenvalue weighted by molar-refractivity contribution is 5.77. The van der Waals surface area contributed by atoms with Crippen LogP contribution in [0.4, 0.5) is 0 Å². The lowest BCUT2D eigenvalue weighted by Crippen LogP contribution is -1.92. The second-order valence-corrected chi connectivity index (χ2v) is 5.48. The molecule has 101 valence electrons. The fraction of sp³-hybridized carbons (Fsp3) is 0.100. The summed E-state index contributed by atoms with van der Waals surface area (Å²) in [4.78, 5) is 4.37. The highest BCUT2D eigenvalue weighted by Gasteiger charge is 2.17. The van der Waals surface area contributed by atoms with E-state index < -0.39 is 0 Å². The molecule has 1 aromatic heterocycles. The molecule has 0 fully saturated rings. The van der Waals surface area contributed by atoms with Crippen LogP contribution in [0.2, 0.25) is 0 Å². The van der Waals surface area contributed by atoms with Crippen molar-refractivity contribution in [1.29, 1.82) is 0 Å². The molecule has 1 radical (unpaired) electrons. The third-order valence-electron chi connectivity index (χ3n) is 4.09. The van der Waals surface area contributed by atoms with Crippen LogP contribution in [0, 0.1) is 6.42 Å². The van der Waals surface area contributed by atoms with Gasteiger partial charge in [-0.1, -0.05) is 48.5 Å². The molecule has 1 aliphatic carbocycles. The zero-order valence-corrected chi connectivity index (χ0v) is 11.8. The minimum absolute atomic E-state index is 0.882. The van der Waals surface area contributed by atoms with E-state index in [0.717, 1.165) is 18.5 Å². The van der Waals surface area contributed by atoms with Crippen LogP contribution in [0.15, 0.2) is 66.9 Å². The third kappa shape index (κ3) is 2.36. The lowest BCUT2D eigenvalue weighted by molar-refractivity contribution is 1.06. The summed E-state index contributed by atoms with van der Waals surface area (Å²) < 4.78 is 0. The van der Waals surface area contributed by atoms with E-state index in [0.29, 0.717) is 0 Å². The maximum absolute atomic E-state index is 4.37. The van der Waals surface area contributed by atoms with Gasteiger partial charge in [-0.2, -0.15) is 0 Å². The van der Waals surface area contributed by atoms with Gasteiger partial charge in [-0.05, 0) is 59.2 Å². The first-order chi connectivity index (χ1) is 10.4. The maximum Gasteiger partial charge on any atom is 0.0409 e. The molecule has 1 aliphatic rings. The second-order valence-electron chi connectivity index (χ2n) is 5.48. The summed E-state index contributed by atoms with van der Waals surface area (Å²) in [7, 11) is 0. The Morgan fingerprint density at radius 3 is 2.62 bits per heavy atom. The smallest absolute Gasteiger partial charge is 0.0409 e. The Morgan fingerprint density at radius 2 is 1.71 bits per heavy atom. The zero-order valence-electron chi connectivity index (χ0n) is 11.8. The van der Waals surface area contributed by atoms with E-state index in [1.54, 1.807) is 0 Å². The molecule has 1 nitrogen and oxygen atoms in total. The maximum atomic E-state index is 4.37. The van der Waals surface area contributed by atoms with Gasteiger partial charge >= 0.3 is 0 Å². The number of nitrogens with zero attached hydrogens (tertiary/aromatic N) is 1. The number of fused-ring (bicyclic) bond motifs is 3. The van der Waals surface area contributed by atoms with Crippen molar-refractivity contribution in [3.05, 3.63) is 95.7 Å². The number of pyridine rings is 1. The van der Waals surface area contributed by atoms with Crippen molar-refractivity contribution >= 4 is 0 Å². The number of rotatable bonds is 3. The van der Waals surface area contributed by atoms with Crippen molar-refractivity contribution in [3.8, 4) is 11.1 Å². The molecule has 2 aromatic carbocycles. The van der Waals surface area contributed by atoms with Crippen LogP contribution in [0.25, 0.3) is 11.1 Å².